The molecule has 0 fully saturated rings. The summed E-state index contributed by atoms with van der Waals surface area (Å²) >= 11 is 0. The van der Waals surface area contributed by atoms with Crippen molar-refractivity contribution in [2.75, 3.05) is 6.54 Å². The van der Waals surface area contributed by atoms with Crippen LogP contribution in [0.15, 0.2) is 0 Å². The first-order chi connectivity index (χ1) is 5.81. The maximum absolute atomic E-state index is 11.2. The van der Waals surface area contributed by atoms with Crippen LogP contribution in [0.2, 0.25) is 0 Å². The van der Waals surface area contributed by atoms with Crippen molar-refractivity contribution in [2.45, 2.75) is 40.2 Å². The minimum Gasteiger partial charge on any atom is -0.324 e. The van der Waals surface area contributed by atoms with Gasteiger partial charge in [-0.05, 0) is 17.8 Å². The molecule has 1 atom stereocenters. The molecule has 0 saturated carbocycles. The fourth-order valence-corrected chi connectivity index (χ4v) is 1.07. The smallest absolute Gasteiger partial charge is 0.163 e. The lowest BCUT2D eigenvalue weighted by atomic mass is 9.75. The molecular formula is C10H22N2O. The fraction of sp³-hybridized carbons (Fsp3) is 0.900. The molecule has 0 heterocycles. The van der Waals surface area contributed by atoms with Gasteiger partial charge >= 0.3 is 0 Å². The lowest BCUT2D eigenvalue weighted by Crippen LogP contribution is -2.40. The van der Waals surface area contributed by atoms with E-state index in [1.54, 1.807) is 0 Å². The Hall–Kier alpha value is -0.410. The van der Waals surface area contributed by atoms with E-state index in [2.05, 4.69) is 27.7 Å². The second kappa shape index (κ2) is 4.72. The molecule has 0 radical (unpaired) electrons. The van der Waals surface area contributed by atoms with Crippen LogP contribution in [0, 0.1) is 11.3 Å². The van der Waals surface area contributed by atoms with E-state index in [-0.39, 0.29) is 17.7 Å². The summed E-state index contributed by atoms with van der Waals surface area (Å²) in [5.74, 6) is 0.470. The zero-order chi connectivity index (χ0) is 10.6. The topological polar surface area (TPSA) is 69.1 Å². The molecule has 0 aromatic heterocycles. The largest absolute Gasteiger partial charge is 0.324 e. The molecule has 13 heavy (non-hydrogen) atoms. The Labute approximate surface area is 80.9 Å². The lowest BCUT2D eigenvalue weighted by molar-refractivity contribution is -0.119. The molecule has 4 N–H and O–H groups in total. The van der Waals surface area contributed by atoms with Gasteiger partial charge in [0.2, 0.25) is 0 Å². The minimum atomic E-state index is -0.401. The minimum absolute atomic E-state index is 0.0475. The van der Waals surface area contributed by atoms with Crippen LogP contribution in [0.5, 0.6) is 0 Å². The standard InChI is InChI=1S/C10H22N2O/c1-7(2)10(3,4)5-8(12)9(13)6-11/h7-8H,5-6,11-12H2,1-4H3. The molecule has 0 aliphatic heterocycles. The van der Waals surface area contributed by atoms with E-state index in [9.17, 15) is 4.79 Å². The highest BCUT2D eigenvalue weighted by Gasteiger charge is 2.27. The van der Waals surface area contributed by atoms with Crippen LogP contribution in [0.1, 0.15) is 34.1 Å². The van der Waals surface area contributed by atoms with Gasteiger partial charge in [0.25, 0.3) is 0 Å². The molecule has 0 saturated heterocycles. The number of hydrogen-bond donors (Lipinski definition) is 2. The van der Waals surface area contributed by atoms with Crippen LogP contribution in [0.25, 0.3) is 0 Å². The molecule has 0 aliphatic rings. The molecule has 3 nitrogen and oxygen atoms in total. The zero-order valence-electron chi connectivity index (χ0n) is 9.13. The van der Waals surface area contributed by atoms with Crippen molar-refractivity contribution < 1.29 is 4.79 Å². The Balaban J connectivity index is 4.19. The average molecular weight is 186 g/mol. The SMILES string of the molecule is CC(C)C(C)(C)CC(N)C(=O)CN. The van der Waals surface area contributed by atoms with E-state index in [0.29, 0.717) is 12.3 Å². The van der Waals surface area contributed by atoms with E-state index >= 15 is 0 Å². The third-order valence-corrected chi connectivity index (χ3v) is 2.92. The Morgan fingerprint density at radius 3 is 2.15 bits per heavy atom. The average Bonchev–Trinajstić information content (AvgIpc) is 2.01. The monoisotopic (exact) mass is 186 g/mol. The van der Waals surface area contributed by atoms with Gasteiger partial charge in [-0.1, -0.05) is 27.7 Å². The number of Topliss-reactive ketones (excluding diaryl/α,β-unsaturated/α-hetero) is 1. The van der Waals surface area contributed by atoms with E-state index < -0.39 is 6.04 Å². The van der Waals surface area contributed by atoms with Crippen molar-refractivity contribution in [3.63, 3.8) is 0 Å². The van der Waals surface area contributed by atoms with Gasteiger partial charge in [0.1, 0.15) is 0 Å². The van der Waals surface area contributed by atoms with E-state index in [4.69, 9.17) is 11.5 Å². The normalized spacial score (nSPS) is 14.7. The van der Waals surface area contributed by atoms with Gasteiger partial charge in [-0.3, -0.25) is 4.79 Å². The Bertz CT molecular complexity index is 176. The molecule has 3 heteroatoms. The first kappa shape index (κ1) is 12.6. The maximum Gasteiger partial charge on any atom is 0.163 e. The van der Waals surface area contributed by atoms with Gasteiger partial charge in [-0.2, -0.15) is 0 Å². The number of hydrogen-bond acceptors (Lipinski definition) is 3. The van der Waals surface area contributed by atoms with Crippen LogP contribution in [0.4, 0.5) is 0 Å². The summed E-state index contributed by atoms with van der Waals surface area (Å²) in [6.45, 7) is 8.58. The summed E-state index contributed by atoms with van der Waals surface area (Å²) in [5, 5.41) is 0. The Morgan fingerprint density at radius 2 is 1.85 bits per heavy atom. The second-order valence-electron chi connectivity index (χ2n) is 4.62. The van der Waals surface area contributed by atoms with Crippen molar-refractivity contribution in [1.29, 1.82) is 0 Å². The number of carbonyl (C=O) groups is 1. The maximum atomic E-state index is 11.2. The van der Waals surface area contributed by atoms with Crippen molar-refractivity contribution >= 4 is 5.78 Å². The van der Waals surface area contributed by atoms with E-state index in [1.165, 1.54) is 0 Å². The summed E-state index contributed by atoms with van der Waals surface area (Å²) < 4.78 is 0. The second-order valence-corrected chi connectivity index (χ2v) is 4.62. The molecule has 78 valence electrons. The summed E-state index contributed by atoms with van der Waals surface area (Å²) in [5.41, 5.74) is 11.1. The van der Waals surface area contributed by atoms with Gasteiger partial charge in [0, 0.05) is 0 Å². The van der Waals surface area contributed by atoms with Crippen molar-refractivity contribution in [3.8, 4) is 0 Å². The lowest BCUT2D eigenvalue weighted by Gasteiger charge is -2.31. The van der Waals surface area contributed by atoms with E-state index in [0.717, 1.165) is 0 Å². The summed E-state index contributed by atoms with van der Waals surface area (Å²) in [6, 6.07) is -0.401. The van der Waals surface area contributed by atoms with Gasteiger partial charge in [0.15, 0.2) is 5.78 Å². The Morgan fingerprint density at radius 1 is 1.38 bits per heavy atom. The van der Waals surface area contributed by atoms with Gasteiger partial charge in [-0.25, -0.2) is 0 Å². The highest BCUT2D eigenvalue weighted by molar-refractivity contribution is 5.85. The Kier molecular flexibility index (Phi) is 4.57. The van der Waals surface area contributed by atoms with Crippen LogP contribution in [-0.4, -0.2) is 18.4 Å². The van der Waals surface area contributed by atoms with Crippen LogP contribution < -0.4 is 11.5 Å². The van der Waals surface area contributed by atoms with Crippen molar-refractivity contribution in [3.05, 3.63) is 0 Å². The number of rotatable bonds is 5. The molecule has 0 aromatic carbocycles. The molecular weight excluding hydrogens is 164 g/mol. The van der Waals surface area contributed by atoms with Crippen LogP contribution >= 0.6 is 0 Å². The zero-order valence-corrected chi connectivity index (χ0v) is 9.13. The van der Waals surface area contributed by atoms with Crippen molar-refractivity contribution in [2.24, 2.45) is 22.8 Å². The van der Waals surface area contributed by atoms with Crippen molar-refractivity contribution in [1.82, 2.24) is 0 Å². The number of carbonyl (C=O) groups excluding carboxylic acids is 1. The van der Waals surface area contributed by atoms with Gasteiger partial charge < -0.3 is 11.5 Å². The summed E-state index contributed by atoms with van der Waals surface area (Å²) in [4.78, 5) is 11.2. The first-order valence-electron chi connectivity index (χ1n) is 4.79. The molecule has 0 spiro atoms. The predicted molar refractivity (Wildman–Crippen MR) is 55.3 cm³/mol. The highest BCUT2D eigenvalue weighted by atomic mass is 16.1. The molecule has 1 unspecified atom stereocenters. The predicted octanol–water partition coefficient (Wildman–Crippen LogP) is 0.914. The molecule has 0 amide bonds. The molecule has 0 bridgehead atoms. The molecule has 0 rings (SSSR count). The quantitative estimate of drug-likeness (QED) is 0.670. The summed E-state index contributed by atoms with van der Waals surface area (Å²) in [6.07, 6.45) is 0.709. The third kappa shape index (κ3) is 3.87. The first-order valence-corrected chi connectivity index (χ1v) is 4.79. The van der Waals surface area contributed by atoms with Gasteiger partial charge in [-0.15, -0.1) is 0 Å². The molecule has 0 aliphatic carbocycles. The van der Waals surface area contributed by atoms with E-state index in [1.807, 2.05) is 0 Å². The number of nitrogens with two attached hydrogens (primary N) is 2. The molecule has 0 aromatic rings. The van der Waals surface area contributed by atoms with Crippen LogP contribution in [0.3, 0.4) is 0 Å². The fourth-order valence-electron chi connectivity index (χ4n) is 1.07. The van der Waals surface area contributed by atoms with Gasteiger partial charge in [0.05, 0.1) is 12.6 Å². The van der Waals surface area contributed by atoms with Crippen LogP contribution in [-0.2, 0) is 4.79 Å². The number of ketones is 1. The third-order valence-electron chi connectivity index (χ3n) is 2.92. The highest BCUT2D eigenvalue weighted by Crippen LogP contribution is 2.30. The summed E-state index contributed by atoms with van der Waals surface area (Å²) in [7, 11) is 0.